The first-order chi connectivity index (χ1) is 15.8. The Morgan fingerprint density at radius 2 is 1.91 bits per heavy atom. The maximum Gasteiger partial charge on any atom is 0.339 e. The molecule has 0 N–H and O–H groups in total. The summed E-state index contributed by atoms with van der Waals surface area (Å²) in [5.41, 5.74) is 2.41. The molecule has 172 valence electrons. The molecule has 1 aliphatic rings. The zero-order valence-corrected chi connectivity index (χ0v) is 20.4. The van der Waals surface area contributed by atoms with Crippen LogP contribution >= 0.6 is 15.9 Å². The van der Waals surface area contributed by atoms with E-state index in [2.05, 4.69) is 20.9 Å². The van der Waals surface area contributed by atoms with Gasteiger partial charge in [0.2, 0.25) is 0 Å². The number of nitrogens with zero attached hydrogens (tertiary/aromatic N) is 2. The van der Waals surface area contributed by atoms with Crippen molar-refractivity contribution in [3.8, 4) is 11.3 Å². The molecule has 3 aromatic rings. The van der Waals surface area contributed by atoms with Crippen molar-refractivity contribution >= 4 is 48.5 Å². The lowest BCUT2D eigenvalue weighted by molar-refractivity contribution is -0.136. The number of esters is 1. The number of hydrogen-bond acceptors (Lipinski definition) is 6. The second kappa shape index (κ2) is 9.61. The van der Waals surface area contributed by atoms with Crippen molar-refractivity contribution in [1.82, 2.24) is 9.88 Å². The third-order valence-corrected chi connectivity index (χ3v) is 7.94. The summed E-state index contributed by atoms with van der Waals surface area (Å²) in [4.78, 5) is 32.0. The minimum absolute atomic E-state index is 0.0516. The second-order valence-electron chi connectivity index (χ2n) is 7.90. The normalized spacial score (nSPS) is 17.1. The van der Waals surface area contributed by atoms with Gasteiger partial charge in [-0.25, -0.2) is 18.2 Å². The van der Waals surface area contributed by atoms with Crippen LogP contribution < -0.4 is 0 Å². The van der Waals surface area contributed by atoms with Gasteiger partial charge in [-0.3, -0.25) is 4.79 Å². The molecule has 0 aliphatic carbocycles. The molecule has 2 aromatic carbocycles. The van der Waals surface area contributed by atoms with E-state index in [1.807, 2.05) is 42.5 Å². The molecule has 1 aromatic heterocycles. The van der Waals surface area contributed by atoms with Crippen LogP contribution in [0.2, 0.25) is 0 Å². The van der Waals surface area contributed by atoms with Crippen molar-refractivity contribution in [1.29, 1.82) is 0 Å². The molecule has 2 heterocycles. The van der Waals surface area contributed by atoms with Crippen molar-refractivity contribution in [2.75, 3.05) is 24.7 Å². The van der Waals surface area contributed by atoms with Crippen LogP contribution in [-0.4, -0.2) is 60.9 Å². The Morgan fingerprint density at radius 3 is 2.58 bits per heavy atom. The average Bonchev–Trinajstić information content (AvgIpc) is 3.17. The molecule has 1 atom stereocenters. The van der Waals surface area contributed by atoms with Crippen molar-refractivity contribution in [3.05, 3.63) is 64.6 Å². The SMILES string of the molecule is CCN(C(=O)COC(=O)c1cc(-c2ccccc2)nc2ccc(Br)cc12)[C@@H]1CCS(=O)(=O)C1. The summed E-state index contributed by atoms with van der Waals surface area (Å²) in [6.45, 7) is 1.67. The monoisotopic (exact) mass is 530 g/mol. The number of halogens is 1. The lowest BCUT2D eigenvalue weighted by Crippen LogP contribution is -2.43. The van der Waals surface area contributed by atoms with Gasteiger partial charge in [-0.05, 0) is 37.6 Å². The van der Waals surface area contributed by atoms with E-state index in [0.717, 1.165) is 10.0 Å². The molecule has 0 spiro atoms. The van der Waals surface area contributed by atoms with E-state index in [1.165, 1.54) is 4.90 Å². The predicted molar refractivity (Wildman–Crippen MR) is 130 cm³/mol. The van der Waals surface area contributed by atoms with Gasteiger partial charge in [-0.1, -0.05) is 46.3 Å². The highest BCUT2D eigenvalue weighted by molar-refractivity contribution is 9.10. The van der Waals surface area contributed by atoms with Crippen LogP contribution in [0.25, 0.3) is 22.2 Å². The Morgan fingerprint density at radius 1 is 1.15 bits per heavy atom. The number of ether oxygens (including phenoxy) is 1. The van der Waals surface area contributed by atoms with E-state index >= 15 is 0 Å². The Labute approximate surface area is 200 Å². The van der Waals surface area contributed by atoms with Crippen LogP contribution in [0.1, 0.15) is 23.7 Å². The molecular weight excluding hydrogens is 508 g/mol. The minimum Gasteiger partial charge on any atom is -0.452 e. The molecule has 0 radical (unpaired) electrons. The van der Waals surface area contributed by atoms with Gasteiger partial charge in [0, 0.05) is 28.0 Å². The summed E-state index contributed by atoms with van der Waals surface area (Å²) in [5, 5.41) is 0.607. The molecule has 1 saturated heterocycles. The first-order valence-electron chi connectivity index (χ1n) is 10.6. The van der Waals surface area contributed by atoms with Crippen LogP contribution in [0.5, 0.6) is 0 Å². The quantitative estimate of drug-likeness (QED) is 0.449. The first-order valence-corrected chi connectivity index (χ1v) is 13.2. The average molecular weight is 531 g/mol. The number of likely N-dealkylation sites (N-methyl/N-ethyl adjacent to an activating group) is 1. The van der Waals surface area contributed by atoms with Crippen molar-refractivity contribution in [2.24, 2.45) is 0 Å². The molecule has 1 amide bonds. The number of sulfone groups is 1. The van der Waals surface area contributed by atoms with E-state index in [-0.39, 0.29) is 17.5 Å². The zero-order chi connectivity index (χ0) is 23.6. The van der Waals surface area contributed by atoms with E-state index in [4.69, 9.17) is 4.74 Å². The summed E-state index contributed by atoms with van der Waals surface area (Å²) in [6.07, 6.45) is 0.402. The Hall–Kier alpha value is -2.78. The largest absolute Gasteiger partial charge is 0.452 e. The highest BCUT2D eigenvalue weighted by atomic mass is 79.9. The Kier molecular flexibility index (Phi) is 6.81. The summed E-state index contributed by atoms with van der Waals surface area (Å²) >= 11 is 3.43. The van der Waals surface area contributed by atoms with Gasteiger partial charge in [0.15, 0.2) is 16.4 Å². The minimum atomic E-state index is -3.13. The smallest absolute Gasteiger partial charge is 0.339 e. The topological polar surface area (TPSA) is 93.6 Å². The molecule has 0 bridgehead atoms. The Balaban J connectivity index is 1.58. The number of amides is 1. The van der Waals surface area contributed by atoms with Crippen LogP contribution in [0, 0.1) is 0 Å². The van der Waals surface area contributed by atoms with Crippen LogP contribution in [0.15, 0.2) is 59.1 Å². The van der Waals surface area contributed by atoms with Crippen molar-refractivity contribution in [2.45, 2.75) is 19.4 Å². The molecular formula is C24H23BrN2O5S. The predicted octanol–water partition coefficient (Wildman–Crippen LogP) is 3.86. The number of carbonyl (C=O) groups is 2. The third-order valence-electron chi connectivity index (χ3n) is 5.70. The van der Waals surface area contributed by atoms with E-state index in [0.29, 0.717) is 35.1 Å². The molecule has 7 nitrogen and oxygen atoms in total. The van der Waals surface area contributed by atoms with E-state index in [1.54, 1.807) is 19.1 Å². The van der Waals surface area contributed by atoms with Crippen LogP contribution in [0.3, 0.4) is 0 Å². The van der Waals surface area contributed by atoms with E-state index in [9.17, 15) is 18.0 Å². The standard InChI is InChI=1S/C24H23BrN2O5S/c1-2-27(18-10-11-33(30,31)15-18)23(28)14-32-24(29)20-13-22(16-6-4-3-5-7-16)26-21-9-8-17(25)12-19(20)21/h3-9,12-13,18H,2,10-11,14-15H2,1H3/t18-/m1/s1. The lowest BCUT2D eigenvalue weighted by atomic mass is 10.0. The van der Waals surface area contributed by atoms with Gasteiger partial charge in [-0.2, -0.15) is 0 Å². The maximum absolute atomic E-state index is 13.1. The second-order valence-corrected chi connectivity index (χ2v) is 11.0. The Bertz CT molecular complexity index is 1310. The fourth-order valence-corrected chi connectivity index (χ4v) is 6.16. The highest BCUT2D eigenvalue weighted by Crippen LogP contribution is 2.28. The van der Waals surface area contributed by atoms with Crippen molar-refractivity contribution < 1.29 is 22.7 Å². The molecule has 0 unspecified atom stereocenters. The molecule has 0 saturated carbocycles. The zero-order valence-electron chi connectivity index (χ0n) is 18.0. The number of pyridine rings is 1. The molecule has 1 aliphatic heterocycles. The molecule has 4 rings (SSSR count). The third kappa shape index (κ3) is 5.25. The number of hydrogen-bond donors (Lipinski definition) is 0. The molecule has 1 fully saturated rings. The first kappa shape index (κ1) is 23.4. The fraction of sp³-hybridized carbons (Fsp3) is 0.292. The molecule has 9 heteroatoms. The van der Waals surface area contributed by atoms with Gasteiger partial charge >= 0.3 is 5.97 Å². The number of aromatic nitrogens is 1. The van der Waals surface area contributed by atoms with E-state index < -0.39 is 28.3 Å². The van der Waals surface area contributed by atoms with Gasteiger partial charge in [0.1, 0.15) is 0 Å². The summed E-state index contributed by atoms with van der Waals surface area (Å²) in [5.74, 6) is -1.03. The number of benzene rings is 2. The van der Waals surface area contributed by atoms with Gasteiger partial charge < -0.3 is 9.64 Å². The lowest BCUT2D eigenvalue weighted by Gasteiger charge is -2.26. The summed E-state index contributed by atoms with van der Waals surface area (Å²) in [6, 6.07) is 16.2. The van der Waals surface area contributed by atoms with Crippen LogP contribution in [-0.2, 0) is 19.4 Å². The highest BCUT2D eigenvalue weighted by Gasteiger charge is 2.34. The molecule has 33 heavy (non-hydrogen) atoms. The van der Waals surface area contributed by atoms with Gasteiger partial charge in [0.25, 0.3) is 5.91 Å². The number of fused-ring (bicyclic) bond motifs is 1. The maximum atomic E-state index is 13.1. The van der Waals surface area contributed by atoms with Crippen molar-refractivity contribution in [3.63, 3.8) is 0 Å². The number of rotatable bonds is 6. The number of carbonyl (C=O) groups excluding carboxylic acids is 2. The summed E-state index contributed by atoms with van der Waals surface area (Å²) < 4.78 is 29.8. The van der Waals surface area contributed by atoms with Gasteiger partial charge in [0.05, 0.1) is 28.3 Å². The van der Waals surface area contributed by atoms with Crippen LogP contribution in [0.4, 0.5) is 0 Å². The summed E-state index contributed by atoms with van der Waals surface area (Å²) in [7, 11) is -3.13. The fourth-order valence-electron chi connectivity index (χ4n) is 4.07. The van der Waals surface area contributed by atoms with Gasteiger partial charge in [-0.15, -0.1) is 0 Å².